The van der Waals surface area contributed by atoms with Crippen molar-refractivity contribution in [2.75, 3.05) is 0 Å². The summed E-state index contributed by atoms with van der Waals surface area (Å²) in [6, 6.07) is 70.9. The van der Waals surface area contributed by atoms with Crippen LogP contribution in [0.2, 0.25) is 0 Å². The lowest BCUT2D eigenvalue weighted by atomic mass is 9.77. The molecule has 266 valence electrons. The van der Waals surface area contributed by atoms with Crippen molar-refractivity contribution in [2.24, 2.45) is 0 Å². The monoisotopic (exact) mass is 800 g/mol. The van der Waals surface area contributed by atoms with E-state index in [9.17, 15) is 0 Å². The van der Waals surface area contributed by atoms with Gasteiger partial charge in [0.25, 0.3) is 0 Å². The highest BCUT2D eigenvalue weighted by atomic mass is 32.2. The van der Waals surface area contributed by atoms with Crippen LogP contribution in [0.25, 0.3) is 11.1 Å². The third-order valence-corrected chi connectivity index (χ3v) is 27.4. The molecule has 0 radical (unpaired) electrons. The number of fused-ring (bicyclic) bond motifs is 16. The van der Waals surface area contributed by atoms with Crippen LogP contribution in [0.1, 0.15) is 25.0 Å². The number of benzene rings is 8. The van der Waals surface area contributed by atoms with Crippen molar-refractivity contribution in [2.45, 2.75) is 48.6 Å². The van der Waals surface area contributed by atoms with Gasteiger partial charge < -0.3 is 0 Å². The summed E-state index contributed by atoms with van der Waals surface area (Å²) in [6.07, 6.45) is 0. The van der Waals surface area contributed by atoms with Crippen molar-refractivity contribution in [3.63, 3.8) is 0 Å². The van der Waals surface area contributed by atoms with E-state index in [2.05, 4.69) is 196 Å². The predicted octanol–water partition coefficient (Wildman–Crippen LogP) is 8.14. The lowest BCUT2D eigenvalue weighted by Crippen LogP contribution is -2.80. The maximum absolute atomic E-state index is 2.73. The Bertz CT molecular complexity index is 2810. The van der Waals surface area contributed by atoms with Gasteiger partial charge in [0, 0.05) is 34.8 Å². The van der Waals surface area contributed by atoms with Gasteiger partial charge in [0.05, 0.1) is 0 Å². The highest BCUT2D eigenvalue weighted by molar-refractivity contribution is 8.01. The Hall–Kier alpha value is -4.76. The van der Waals surface area contributed by atoms with Crippen molar-refractivity contribution in [1.29, 1.82) is 0 Å². The smallest absolute Gasteiger partial charge is 0.0903 e. The second-order valence-electron chi connectivity index (χ2n) is 15.9. The first-order valence-electron chi connectivity index (χ1n) is 19.4. The molecular weight excluding hydrogens is 765 g/mol. The quantitative estimate of drug-likeness (QED) is 0.154. The van der Waals surface area contributed by atoms with E-state index in [1.807, 2.05) is 35.3 Å². The zero-order valence-electron chi connectivity index (χ0n) is 31.0. The molecule has 0 aromatic heterocycles. The second-order valence-corrected chi connectivity index (χ2v) is 26.5. The number of hydrogen-bond donors (Lipinski definition) is 0. The van der Waals surface area contributed by atoms with E-state index >= 15 is 0 Å². The van der Waals surface area contributed by atoms with Crippen LogP contribution in [0.15, 0.2) is 211 Å². The molecule has 0 saturated carbocycles. The van der Waals surface area contributed by atoms with Gasteiger partial charge in [0.2, 0.25) is 0 Å². The van der Waals surface area contributed by atoms with Crippen LogP contribution in [0.3, 0.4) is 0 Å². The Kier molecular flexibility index (Phi) is 7.23. The van der Waals surface area contributed by atoms with E-state index in [0.29, 0.717) is 0 Å². The molecule has 0 amide bonds. The molecule has 4 aliphatic rings. The first-order chi connectivity index (χ1) is 27.5. The predicted molar refractivity (Wildman–Crippen MR) is 244 cm³/mol. The summed E-state index contributed by atoms with van der Waals surface area (Å²) in [6.45, 7) is 4.85. The van der Waals surface area contributed by atoms with Crippen LogP contribution in [0.5, 0.6) is 0 Å². The second kappa shape index (κ2) is 12.1. The van der Waals surface area contributed by atoms with Crippen molar-refractivity contribution in [1.82, 2.24) is 0 Å². The molecule has 0 fully saturated rings. The van der Waals surface area contributed by atoms with E-state index < -0.39 is 16.1 Å². The van der Waals surface area contributed by atoms with Crippen LogP contribution in [0, 0.1) is 0 Å². The maximum Gasteiger partial charge on any atom is 0.184 e. The summed E-state index contributed by atoms with van der Waals surface area (Å²) < 4.78 is 0. The fourth-order valence-corrected chi connectivity index (χ4v) is 27.5. The first kappa shape index (κ1) is 33.4. The van der Waals surface area contributed by atoms with Crippen LogP contribution in [-0.4, -0.2) is 16.1 Å². The van der Waals surface area contributed by atoms with Crippen molar-refractivity contribution < 1.29 is 0 Å². The van der Waals surface area contributed by atoms with Gasteiger partial charge >= 0.3 is 0 Å². The molecular formula is C51H36S3Si2. The minimum atomic E-state index is -2.73. The molecule has 2 spiro atoms. The molecule has 8 aromatic rings. The summed E-state index contributed by atoms with van der Waals surface area (Å²) in [4.78, 5) is 8.36. The zero-order chi connectivity index (χ0) is 37.2. The molecule has 8 aromatic carbocycles. The van der Waals surface area contributed by atoms with E-state index in [1.54, 1.807) is 0 Å². The standard InChI is InChI=1S/C51H36S3Si2/c1-51(2)35-15-3-9-21-43(35)55(44-22-10-4-16-36(44)51)45-23-11-5-17-37(45)53-41-29-27-33(31-49(41)55)34-28-30-42-50(32-34)56(48-26-14-8-20-40(48)54-42)46-24-12-6-18-38(46)52-39-19-7-13-25-47(39)56/h3-32H,1-2H3. The molecule has 0 saturated heterocycles. The van der Waals surface area contributed by atoms with Crippen molar-refractivity contribution >= 4 is 92.9 Å². The van der Waals surface area contributed by atoms with Crippen molar-refractivity contribution in [3.05, 3.63) is 193 Å². The summed E-state index contributed by atoms with van der Waals surface area (Å²) in [5.41, 5.74) is 5.44. The average Bonchev–Trinajstić information content (AvgIpc) is 3.25. The summed E-state index contributed by atoms with van der Waals surface area (Å²) in [5, 5.41) is 12.2. The summed E-state index contributed by atoms with van der Waals surface area (Å²) in [5.74, 6) is 0. The third-order valence-electron chi connectivity index (χ3n) is 12.9. The fraction of sp³-hybridized carbons (Fsp3) is 0.0588. The Morgan fingerprint density at radius 3 is 0.964 bits per heavy atom. The van der Waals surface area contributed by atoms with Gasteiger partial charge in [-0.25, -0.2) is 0 Å². The Labute approximate surface area is 343 Å². The van der Waals surface area contributed by atoms with E-state index in [4.69, 9.17) is 0 Å². The minimum Gasteiger partial charge on any atom is -0.0903 e. The first-order valence-corrected chi connectivity index (χ1v) is 25.9. The van der Waals surface area contributed by atoms with E-state index in [0.717, 1.165) is 0 Å². The van der Waals surface area contributed by atoms with Crippen LogP contribution >= 0.6 is 35.3 Å². The normalized spacial score (nSPS) is 16.6. The third kappa shape index (κ3) is 4.30. The van der Waals surface area contributed by atoms with Gasteiger partial charge in [-0.2, -0.15) is 0 Å². The largest absolute Gasteiger partial charge is 0.184 e. The molecule has 0 atom stereocenters. The lowest BCUT2D eigenvalue weighted by Gasteiger charge is -2.49. The highest BCUT2D eigenvalue weighted by Gasteiger charge is 2.55. The summed E-state index contributed by atoms with van der Waals surface area (Å²) in [7, 11) is -5.41. The molecule has 0 bridgehead atoms. The van der Waals surface area contributed by atoms with Gasteiger partial charge in [-0.1, -0.05) is 195 Å². The summed E-state index contributed by atoms with van der Waals surface area (Å²) >= 11 is 5.85. The number of rotatable bonds is 1. The molecule has 56 heavy (non-hydrogen) atoms. The molecule has 0 unspecified atom stereocenters. The molecule has 4 aliphatic heterocycles. The zero-order valence-corrected chi connectivity index (χ0v) is 35.5. The van der Waals surface area contributed by atoms with E-state index in [1.165, 1.54) is 93.1 Å². The van der Waals surface area contributed by atoms with Gasteiger partial charge in [-0.3, -0.25) is 0 Å². The Morgan fingerprint density at radius 2 is 0.589 bits per heavy atom. The lowest BCUT2D eigenvalue weighted by molar-refractivity contribution is 0.645. The number of hydrogen-bond acceptors (Lipinski definition) is 3. The SMILES string of the molecule is CC1(C)c2ccccc2[Si]2(c3ccccc3Sc3ccc(-c4ccc5c(c4)[Si]4(c6ccccc6Sc6ccccc64)c4ccccc4S5)cc32)c2ccccc21. The maximum atomic E-state index is 2.62. The van der Waals surface area contributed by atoms with Crippen molar-refractivity contribution in [3.8, 4) is 11.1 Å². The molecule has 12 rings (SSSR count). The van der Waals surface area contributed by atoms with Gasteiger partial charge in [-0.15, -0.1) is 0 Å². The van der Waals surface area contributed by atoms with Gasteiger partial charge in [-0.05, 0) is 100 Å². The minimum absolute atomic E-state index is 0.0982. The van der Waals surface area contributed by atoms with Gasteiger partial charge in [0.15, 0.2) is 16.1 Å². The van der Waals surface area contributed by atoms with Gasteiger partial charge in [0.1, 0.15) is 0 Å². The molecule has 5 heteroatoms. The Morgan fingerprint density at radius 1 is 0.304 bits per heavy atom. The molecule has 0 nitrogen and oxygen atoms in total. The molecule has 0 N–H and O–H groups in total. The molecule has 0 aliphatic carbocycles. The fourth-order valence-electron chi connectivity index (χ4n) is 10.6. The molecule has 4 heterocycles. The van der Waals surface area contributed by atoms with Crippen LogP contribution in [0.4, 0.5) is 0 Å². The highest BCUT2D eigenvalue weighted by Crippen LogP contribution is 2.43. The van der Waals surface area contributed by atoms with Crippen LogP contribution in [-0.2, 0) is 5.41 Å². The van der Waals surface area contributed by atoms with E-state index in [-0.39, 0.29) is 5.41 Å². The topological polar surface area (TPSA) is 0 Å². The average molecular weight is 801 g/mol. The Balaban J connectivity index is 1.14. The van der Waals surface area contributed by atoms with Crippen LogP contribution < -0.4 is 41.5 Å².